The minimum absolute atomic E-state index is 0.480. The largest absolute Gasteiger partial charge is 0.481 e. The van der Waals surface area contributed by atoms with Crippen LogP contribution in [0.15, 0.2) is 0 Å². The molecule has 7 heteroatoms. The summed E-state index contributed by atoms with van der Waals surface area (Å²) >= 11 is 0. The molecule has 0 aromatic carbocycles. The Hall–Kier alpha value is -1.79. The normalized spacial score (nSPS) is 16.2. The first-order chi connectivity index (χ1) is 6.65. The molecule has 0 bridgehead atoms. The average molecular weight is 219 g/mol. The molecule has 0 aliphatic carbocycles. The van der Waals surface area contributed by atoms with Crippen molar-refractivity contribution in [3.63, 3.8) is 0 Å². The van der Waals surface area contributed by atoms with Crippen LogP contribution in [0.2, 0.25) is 0 Å². The van der Waals surface area contributed by atoms with Gasteiger partial charge in [-0.25, -0.2) is 9.59 Å². The lowest BCUT2D eigenvalue weighted by Crippen LogP contribution is -2.58. The number of aliphatic carboxylic acids is 2. The van der Waals surface area contributed by atoms with Gasteiger partial charge in [-0.15, -0.1) is 0 Å². The van der Waals surface area contributed by atoms with Crippen molar-refractivity contribution < 1.29 is 29.7 Å². The Bertz CT molecular complexity index is 280. The summed E-state index contributed by atoms with van der Waals surface area (Å²) in [5.74, 6) is -4.22. The van der Waals surface area contributed by atoms with Crippen LogP contribution in [-0.2, 0) is 9.59 Å². The predicted molar refractivity (Wildman–Crippen MR) is 48.6 cm³/mol. The Balaban J connectivity index is 5.33. The van der Waals surface area contributed by atoms with E-state index in [4.69, 9.17) is 15.3 Å². The number of hydrogen-bond donors (Lipinski definition) is 3. The minimum Gasteiger partial charge on any atom is -0.481 e. The summed E-state index contributed by atoms with van der Waals surface area (Å²) < 4.78 is 0. The fourth-order valence-corrected chi connectivity index (χ4v) is 1.06. The molecule has 0 rings (SSSR count). The summed E-state index contributed by atoms with van der Waals surface area (Å²) in [4.78, 5) is 32.8. The van der Waals surface area contributed by atoms with Crippen LogP contribution in [-0.4, -0.2) is 50.8 Å². The topological polar surface area (TPSA) is 115 Å². The molecule has 0 heterocycles. The van der Waals surface area contributed by atoms with E-state index in [1.165, 1.54) is 0 Å². The highest BCUT2D eigenvalue weighted by Crippen LogP contribution is 2.24. The average Bonchev–Trinajstić information content (AvgIpc) is 2.13. The molecule has 1 unspecified atom stereocenters. The van der Waals surface area contributed by atoms with Gasteiger partial charge in [0.1, 0.15) is 0 Å². The summed E-state index contributed by atoms with van der Waals surface area (Å²) in [7, 11) is 1.02. The molecular formula is C8H13NO6. The van der Waals surface area contributed by atoms with E-state index in [1.54, 1.807) is 0 Å². The molecule has 0 aliphatic rings. The van der Waals surface area contributed by atoms with Crippen molar-refractivity contribution in [2.75, 3.05) is 7.05 Å². The van der Waals surface area contributed by atoms with Crippen LogP contribution >= 0.6 is 0 Å². The van der Waals surface area contributed by atoms with Crippen molar-refractivity contribution in [1.82, 2.24) is 4.90 Å². The van der Waals surface area contributed by atoms with Crippen LogP contribution in [0.5, 0.6) is 0 Å². The lowest BCUT2D eigenvalue weighted by Gasteiger charge is -2.35. The molecule has 3 N–H and O–H groups in total. The molecule has 0 aliphatic heterocycles. The van der Waals surface area contributed by atoms with Gasteiger partial charge in [0.05, 0.1) is 5.92 Å². The summed E-state index contributed by atoms with van der Waals surface area (Å²) in [5, 5.41) is 26.3. The van der Waals surface area contributed by atoms with Crippen LogP contribution in [0.4, 0.5) is 4.79 Å². The Labute approximate surface area is 85.9 Å². The molecule has 0 aromatic heterocycles. The van der Waals surface area contributed by atoms with E-state index in [0.29, 0.717) is 4.90 Å². The number of amides is 1. The Kier molecular flexibility index (Phi) is 3.66. The van der Waals surface area contributed by atoms with Crippen molar-refractivity contribution >= 4 is 18.0 Å². The molecular weight excluding hydrogens is 206 g/mol. The third kappa shape index (κ3) is 2.17. The second kappa shape index (κ2) is 4.16. The van der Waals surface area contributed by atoms with Gasteiger partial charge in [-0.3, -0.25) is 9.69 Å². The lowest BCUT2D eigenvalue weighted by atomic mass is 9.86. The summed E-state index contributed by atoms with van der Waals surface area (Å²) in [5.41, 5.74) is -1.99. The maximum atomic E-state index is 10.9. The van der Waals surface area contributed by atoms with Crippen molar-refractivity contribution in [2.24, 2.45) is 5.92 Å². The molecule has 0 fully saturated rings. The SMILES string of the molecule is CC(C(=O)O)[C@@](C)(C(=O)O)N(C)C(=O)O. The van der Waals surface area contributed by atoms with Gasteiger partial charge in [0.25, 0.3) is 0 Å². The van der Waals surface area contributed by atoms with Gasteiger partial charge in [0.15, 0.2) is 5.54 Å². The van der Waals surface area contributed by atoms with Crippen molar-refractivity contribution in [3.8, 4) is 0 Å². The molecule has 1 amide bonds. The number of likely N-dealkylation sites (N-methyl/N-ethyl adjacent to an activating group) is 1. The zero-order valence-electron chi connectivity index (χ0n) is 8.59. The number of rotatable bonds is 4. The van der Waals surface area contributed by atoms with Crippen molar-refractivity contribution in [1.29, 1.82) is 0 Å². The second-order valence-electron chi connectivity index (χ2n) is 3.35. The van der Waals surface area contributed by atoms with Crippen LogP contribution < -0.4 is 0 Å². The van der Waals surface area contributed by atoms with Gasteiger partial charge in [0, 0.05) is 7.05 Å². The van der Waals surface area contributed by atoms with E-state index in [9.17, 15) is 14.4 Å². The van der Waals surface area contributed by atoms with Gasteiger partial charge in [-0.1, -0.05) is 0 Å². The highest BCUT2D eigenvalue weighted by Gasteiger charge is 2.48. The molecule has 0 aromatic rings. The number of carbonyl (C=O) groups is 3. The maximum Gasteiger partial charge on any atom is 0.408 e. The van der Waals surface area contributed by atoms with Crippen LogP contribution in [0.3, 0.4) is 0 Å². The Morgan fingerprint density at radius 3 is 1.80 bits per heavy atom. The van der Waals surface area contributed by atoms with E-state index in [2.05, 4.69) is 0 Å². The molecule has 0 radical (unpaired) electrons. The summed E-state index contributed by atoms with van der Waals surface area (Å²) in [6, 6.07) is 0. The molecule has 15 heavy (non-hydrogen) atoms. The predicted octanol–water partition coefficient (Wildman–Crippen LogP) is 0.160. The van der Waals surface area contributed by atoms with E-state index >= 15 is 0 Å². The fourth-order valence-electron chi connectivity index (χ4n) is 1.06. The van der Waals surface area contributed by atoms with Gasteiger partial charge >= 0.3 is 18.0 Å². The highest BCUT2D eigenvalue weighted by atomic mass is 16.4. The third-order valence-electron chi connectivity index (χ3n) is 2.63. The lowest BCUT2D eigenvalue weighted by molar-refractivity contribution is -0.160. The van der Waals surface area contributed by atoms with E-state index in [1.807, 2.05) is 0 Å². The summed E-state index contributed by atoms with van der Waals surface area (Å²) in [6.07, 6.45) is -1.49. The van der Waals surface area contributed by atoms with E-state index < -0.39 is 29.5 Å². The van der Waals surface area contributed by atoms with Crippen LogP contribution in [0.1, 0.15) is 13.8 Å². The first kappa shape index (κ1) is 13.2. The fraction of sp³-hybridized carbons (Fsp3) is 0.625. The number of nitrogens with zero attached hydrogens (tertiary/aromatic N) is 1. The summed E-state index contributed by atoms with van der Waals surface area (Å²) in [6.45, 7) is 2.21. The molecule has 86 valence electrons. The minimum atomic E-state index is -1.99. The highest BCUT2D eigenvalue weighted by molar-refractivity contribution is 5.89. The quantitative estimate of drug-likeness (QED) is 0.620. The van der Waals surface area contributed by atoms with Gasteiger partial charge < -0.3 is 15.3 Å². The Morgan fingerprint density at radius 1 is 1.20 bits per heavy atom. The van der Waals surface area contributed by atoms with Crippen LogP contribution in [0, 0.1) is 5.92 Å². The molecule has 2 atom stereocenters. The zero-order chi connectivity index (χ0) is 12.4. The Morgan fingerprint density at radius 2 is 1.60 bits per heavy atom. The monoisotopic (exact) mass is 219 g/mol. The van der Waals surface area contributed by atoms with Crippen molar-refractivity contribution in [3.05, 3.63) is 0 Å². The molecule has 0 spiro atoms. The standard InChI is InChI=1S/C8H13NO6/c1-4(5(10)11)8(2,6(12)13)9(3)7(14)15/h4H,1-3H3,(H,10,11)(H,12,13)(H,14,15)/t4?,8-/m0/s1. The van der Waals surface area contributed by atoms with Crippen molar-refractivity contribution in [2.45, 2.75) is 19.4 Å². The maximum absolute atomic E-state index is 10.9. The third-order valence-corrected chi connectivity index (χ3v) is 2.63. The van der Waals surface area contributed by atoms with Gasteiger partial charge in [0.2, 0.25) is 0 Å². The van der Waals surface area contributed by atoms with E-state index in [-0.39, 0.29) is 0 Å². The second-order valence-corrected chi connectivity index (χ2v) is 3.35. The van der Waals surface area contributed by atoms with E-state index in [0.717, 1.165) is 20.9 Å². The molecule has 0 saturated carbocycles. The zero-order valence-corrected chi connectivity index (χ0v) is 8.59. The number of carboxylic acids is 2. The molecule has 0 saturated heterocycles. The van der Waals surface area contributed by atoms with Gasteiger partial charge in [-0.2, -0.15) is 0 Å². The first-order valence-electron chi connectivity index (χ1n) is 4.08. The van der Waals surface area contributed by atoms with Gasteiger partial charge in [-0.05, 0) is 13.8 Å². The molecule has 7 nitrogen and oxygen atoms in total. The number of hydrogen-bond acceptors (Lipinski definition) is 3. The smallest absolute Gasteiger partial charge is 0.408 e. The van der Waals surface area contributed by atoms with Crippen LogP contribution in [0.25, 0.3) is 0 Å². The number of carboxylic acid groups (broad SMARTS) is 3. The first-order valence-corrected chi connectivity index (χ1v) is 4.08.